The molecule has 0 saturated heterocycles. The summed E-state index contributed by atoms with van der Waals surface area (Å²) in [7, 11) is -3.52. The van der Waals surface area contributed by atoms with Gasteiger partial charge in [0.25, 0.3) is 0 Å². The molecular formula is C41H27N3O2Si. The molecule has 0 spiro atoms. The van der Waals surface area contributed by atoms with E-state index in [0.717, 1.165) is 0 Å². The second-order valence-corrected chi connectivity index (χ2v) is 15.5. The molecule has 1 aliphatic rings. The Hall–Kier alpha value is -5.85. The summed E-state index contributed by atoms with van der Waals surface area (Å²) >= 11 is 0. The zero-order valence-corrected chi connectivity index (χ0v) is 25.2. The molecule has 0 bridgehead atoms. The van der Waals surface area contributed by atoms with Crippen molar-refractivity contribution in [1.82, 2.24) is 15.0 Å². The van der Waals surface area contributed by atoms with Gasteiger partial charge in [0, 0.05) is 43.8 Å². The van der Waals surface area contributed by atoms with Crippen molar-refractivity contribution < 1.29 is 37.6 Å². The van der Waals surface area contributed by atoms with Crippen molar-refractivity contribution in [2.24, 2.45) is 0 Å². The van der Waals surface area contributed by atoms with Crippen LogP contribution in [0.15, 0.2) is 136 Å². The third-order valence-electron chi connectivity index (χ3n) is 8.25. The van der Waals surface area contributed by atoms with Gasteiger partial charge in [0.05, 0.1) is 28.8 Å². The maximum atomic E-state index is 10.1. The Morgan fingerprint density at radius 2 is 1.11 bits per heavy atom. The van der Waals surface area contributed by atoms with Gasteiger partial charge < -0.3 is 8.83 Å². The molecule has 0 saturated carbocycles. The highest BCUT2D eigenvalue weighted by atomic mass is 28.3. The van der Waals surface area contributed by atoms with E-state index in [2.05, 4.69) is 9.97 Å². The first-order valence-electron chi connectivity index (χ1n) is 24.7. The smallest absolute Gasteiger partial charge is 0.164 e. The Labute approximate surface area is 300 Å². The lowest BCUT2D eigenvalue weighted by Crippen LogP contribution is -2.49. The molecule has 6 heteroatoms. The molecule has 4 heterocycles. The average molecular weight is 643 g/mol. The van der Waals surface area contributed by atoms with Gasteiger partial charge in [0.2, 0.25) is 0 Å². The van der Waals surface area contributed by atoms with Gasteiger partial charge in [0.15, 0.2) is 17.5 Å². The molecule has 0 amide bonds. The van der Waals surface area contributed by atoms with Crippen LogP contribution in [0.4, 0.5) is 0 Å². The second kappa shape index (κ2) is 9.58. The molecule has 0 atom stereocenters. The lowest BCUT2D eigenvalue weighted by molar-refractivity contribution is 0.669. The number of hydrogen-bond donors (Lipinski definition) is 0. The van der Waals surface area contributed by atoms with E-state index in [1.807, 2.05) is 0 Å². The normalized spacial score (nSPS) is 19.7. The second-order valence-electron chi connectivity index (χ2n) is 11.2. The van der Waals surface area contributed by atoms with Gasteiger partial charge in [-0.25, -0.2) is 15.0 Å². The van der Waals surface area contributed by atoms with Gasteiger partial charge in [-0.1, -0.05) is 116 Å². The molecule has 6 aromatic carbocycles. The van der Waals surface area contributed by atoms with Gasteiger partial charge in [0.1, 0.15) is 30.4 Å². The third kappa shape index (κ3) is 3.73. The van der Waals surface area contributed by atoms with Crippen LogP contribution >= 0.6 is 0 Å². The highest BCUT2D eigenvalue weighted by Gasteiger charge is 2.40. The van der Waals surface area contributed by atoms with Crippen molar-refractivity contribution in [3.05, 3.63) is 127 Å². The van der Waals surface area contributed by atoms with Crippen molar-refractivity contribution in [3.8, 4) is 45.3 Å². The molecule has 222 valence electrons. The number of rotatable bonds is 3. The molecule has 9 aromatic rings. The van der Waals surface area contributed by atoms with E-state index in [9.17, 15) is 2.74 Å². The maximum absolute atomic E-state index is 10.1. The summed E-state index contributed by atoms with van der Waals surface area (Å²) in [4.78, 5) is 13.8. The van der Waals surface area contributed by atoms with Crippen LogP contribution in [0.5, 0.6) is 0 Å². The zero-order chi connectivity index (χ0) is 49.6. The number of para-hydroxylation sites is 2. The van der Waals surface area contributed by atoms with E-state index in [1.165, 1.54) is 0 Å². The highest BCUT2D eigenvalue weighted by molar-refractivity contribution is 7.04. The lowest BCUT2D eigenvalue weighted by atomic mass is 9.98. The van der Waals surface area contributed by atoms with Gasteiger partial charge >= 0.3 is 0 Å². The van der Waals surface area contributed by atoms with E-state index < -0.39 is 180 Å². The standard InChI is InChI=1S/C41H27N3O2Si/c1-47(2)33-22-11-8-17-27(33)37-34(47)23-29(36-26-16-7-10-20-31(26)46-38(36)37)41-43-39(24-13-4-3-5-14-24)42-40(44-41)28-18-12-21-32-35(28)25-15-6-9-19-30(25)45-32/h3-23H,1-2H3/i3D,4D,5D,6D,7D,8D,9D,10D,11D,12D,13D,14D,15D,16D,17D,18D,19D,20D,21D,22D,23D. The van der Waals surface area contributed by atoms with Crippen molar-refractivity contribution in [2.75, 3.05) is 0 Å². The Bertz CT molecular complexity index is 3900. The summed E-state index contributed by atoms with van der Waals surface area (Å²) < 4.78 is 197. The number of benzene rings is 6. The largest absolute Gasteiger partial charge is 0.456 e. The van der Waals surface area contributed by atoms with Gasteiger partial charge in [-0.05, 0) is 40.1 Å². The minimum atomic E-state index is -3.52. The summed E-state index contributed by atoms with van der Waals surface area (Å²) in [5.41, 5.74) is -3.13. The van der Waals surface area contributed by atoms with Crippen LogP contribution in [0.1, 0.15) is 28.8 Å². The molecule has 47 heavy (non-hydrogen) atoms. The number of furan rings is 2. The molecule has 3 aromatic heterocycles. The molecule has 0 unspecified atom stereocenters. The van der Waals surface area contributed by atoms with E-state index in [1.54, 1.807) is 13.1 Å². The number of nitrogens with zero attached hydrogens (tertiary/aromatic N) is 3. The fourth-order valence-corrected chi connectivity index (χ4v) is 8.91. The average Bonchev–Trinajstić information content (AvgIpc) is 3.97. The highest BCUT2D eigenvalue weighted by Crippen LogP contribution is 2.44. The molecule has 5 nitrogen and oxygen atoms in total. The molecule has 0 radical (unpaired) electrons. The Morgan fingerprint density at radius 3 is 1.91 bits per heavy atom. The van der Waals surface area contributed by atoms with E-state index >= 15 is 0 Å². The number of aromatic nitrogens is 3. The zero-order valence-electron chi connectivity index (χ0n) is 45.2. The van der Waals surface area contributed by atoms with Crippen LogP contribution in [0.2, 0.25) is 13.1 Å². The summed E-state index contributed by atoms with van der Waals surface area (Å²) in [6.07, 6.45) is 0. The van der Waals surface area contributed by atoms with Gasteiger partial charge in [-0.15, -0.1) is 0 Å². The van der Waals surface area contributed by atoms with Gasteiger partial charge in [-0.3, -0.25) is 0 Å². The van der Waals surface area contributed by atoms with Crippen LogP contribution in [0.25, 0.3) is 89.2 Å². The third-order valence-corrected chi connectivity index (χ3v) is 11.5. The topological polar surface area (TPSA) is 65.0 Å². The van der Waals surface area contributed by atoms with Crippen molar-refractivity contribution >= 4 is 62.3 Å². The van der Waals surface area contributed by atoms with Crippen LogP contribution in [0, 0.1) is 0 Å². The summed E-state index contributed by atoms with van der Waals surface area (Å²) in [6.45, 7) is 3.43. The number of fused-ring (bicyclic) bond motifs is 10. The van der Waals surface area contributed by atoms with Crippen molar-refractivity contribution in [1.29, 1.82) is 0 Å². The predicted octanol–water partition coefficient (Wildman–Crippen LogP) is 9.47. The maximum Gasteiger partial charge on any atom is 0.164 e. The molecule has 10 rings (SSSR count). The van der Waals surface area contributed by atoms with Gasteiger partial charge in [-0.2, -0.15) is 0 Å². The van der Waals surface area contributed by atoms with Crippen molar-refractivity contribution in [3.63, 3.8) is 0 Å². The van der Waals surface area contributed by atoms with Crippen LogP contribution in [-0.4, -0.2) is 23.0 Å². The molecule has 0 aliphatic carbocycles. The molecule has 0 N–H and O–H groups in total. The van der Waals surface area contributed by atoms with Crippen molar-refractivity contribution in [2.45, 2.75) is 13.1 Å². The Balaban J connectivity index is 1.48. The quantitative estimate of drug-likeness (QED) is 0.180. The first-order valence-corrected chi connectivity index (χ1v) is 17.2. The summed E-state index contributed by atoms with van der Waals surface area (Å²) in [5.74, 6) is -1.95. The fraction of sp³-hybridized carbons (Fsp3) is 0.0488. The van der Waals surface area contributed by atoms with E-state index in [0.29, 0.717) is 0 Å². The minimum Gasteiger partial charge on any atom is -0.456 e. The predicted molar refractivity (Wildman–Crippen MR) is 193 cm³/mol. The number of hydrogen-bond acceptors (Lipinski definition) is 5. The first kappa shape index (κ1) is 13.1. The lowest BCUT2D eigenvalue weighted by Gasteiger charge is -2.19. The van der Waals surface area contributed by atoms with E-state index in [4.69, 9.17) is 39.9 Å². The molecule has 0 fully saturated rings. The monoisotopic (exact) mass is 642 g/mol. The SMILES string of the molecule is [2H]c1c([2H])c([2H])c(-c2nc(-c3c([2H])c([2H])c([2H])c4oc5c([2H])c([2H])c([2H])c([2H])c5c34)nc(-c3c([2H])c4c(c5oc6c([2H])c([2H])c([2H])c([2H])c6c35)-c3c([2H])c([2H])c([2H])c([2H])c3[Si]4(C)C)n2)c([2H])c1[2H]. The fourth-order valence-electron chi connectivity index (χ4n) is 6.17. The molecule has 1 aliphatic heterocycles. The van der Waals surface area contributed by atoms with E-state index in [-0.39, 0.29) is 54.2 Å². The van der Waals surface area contributed by atoms with Crippen LogP contribution in [0.3, 0.4) is 0 Å². The minimum absolute atomic E-state index is 0.0136. The van der Waals surface area contributed by atoms with Crippen LogP contribution < -0.4 is 10.4 Å². The first-order chi connectivity index (χ1) is 31.8. The summed E-state index contributed by atoms with van der Waals surface area (Å²) in [5, 5.41) is -0.954. The Morgan fingerprint density at radius 1 is 0.511 bits per heavy atom. The molecular weight excluding hydrogens is 595 g/mol. The van der Waals surface area contributed by atoms with Crippen LogP contribution in [-0.2, 0) is 0 Å². The summed E-state index contributed by atoms with van der Waals surface area (Å²) in [6, 6.07) is -14.4. The Kier molecular flexibility index (Phi) is 2.67.